The van der Waals surface area contributed by atoms with Gasteiger partial charge in [-0.25, -0.2) is 8.42 Å². The number of nitrogens with one attached hydrogen (secondary N) is 1. The van der Waals surface area contributed by atoms with E-state index in [1.807, 2.05) is 31.2 Å². The highest BCUT2D eigenvalue weighted by molar-refractivity contribution is 7.92. The van der Waals surface area contributed by atoms with Crippen molar-refractivity contribution < 1.29 is 27.4 Å². The van der Waals surface area contributed by atoms with Gasteiger partial charge in [-0.2, -0.15) is 0 Å². The molecular weight excluding hydrogens is 504 g/mol. The normalized spacial score (nSPS) is 11.0. The molecule has 0 aliphatic rings. The van der Waals surface area contributed by atoms with Gasteiger partial charge in [0.2, 0.25) is 10.0 Å². The second-order valence-electron chi connectivity index (χ2n) is 8.00. The summed E-state index contributed by atoms with van der Waals surface area (Å²) in [6, 6.07) is 17.4. The van der Waals surface area contributed by atoms with E-state index in [0.717, 1.165) is 17.6 Å². The van der Waals surface area contributed by atoms with Crippen LogP contribution in [-0.4, -0.2) is 48.0 Å². The van der Waals surface area contributed by atoms with Gasteiger partial charge in [0.15, 0.2) is 0 Å². The SMILES string of the molecule is COc1cc(N(Cc2ccc(C(=O)NCCOc3ccccc3C)cc2)S(C)(=O)=O)c(OC)cc1Cl. The molecule has 0 heterocycles. The smallest absolute Gasteiger partial charge is 0.251 e. The molecule has 0 aliphatic heterocycles. The molecule has 0 spiro atoms. The summed E-state index contributed by atoms with van der Waals surface area (Å²) < 4.78 is 42.8. The summed E-state index contributed by atoms with van der Waals surface area (Å²) in [6.45, 7) is 2.66. The second kappa shape index (κ2) is 12.0. The lowest BCUT2D eigenvalue weighted by Crippen LogP contribution is -2.30. The first-order valence-electron chi connectivity index (χ1n) is 11.1. The number of benzene rings is 3. The maximum absolute atomic E-state index is 12.7. The molecule has 8 nitrogen and oxygen atoms in total. The Morgan fingerprint density at radius 1 is 0.972 bits per heavy atom. The number of methoxy groups -OCH3 is 2. The van der Waals surface area contributed by atoms with Crippen molar-refractivity contribution in [1.82, 2.24) is 5.32 Å². The van der Waals surface area contributed by atoms with Crippen LogP contribution in [0.1, 0.15) is 21.5 Å². The second-order valence-corrected chi connectivity index (χ2v) is 10.3. The summed E-state index contributed by atoms with van der Waals surface area (Å²) in [4.78, 5) is 12.5. The maximum atomic E-state index is 12.7. The van der Waals surface area contributed by atoms with Crippen LogP contribution in [0.2, 0.25) is 5.02 Å². The number of carbonyl (C=O) groups excluding carboxylic acids is 1. The topological polar surface area (TPSA) is 94.2 Å². The Labute approximate surface area is 216 Å². The van der Waals surface area contributed by atoms with Gasteiger partial charge in [-0.05, 0) is 36.2 Å². The highest BCUT2D eigenvalue weighted by Gasteiger charge is 2.24. The zero-order chi connectivity index (χ0) is 26.3. The van der Waals surface area contributed by atoms with Crippen molar-refractivity contribution in [2.24, 2.45) is 0 Å². The van der Waals surface area contributed by atoms with Crippen molar-refractivity contribution in [2.75, 3.05) is 37.9 Å². The van der Waals surface area contributed by atoms with Gasteiger partial charge in [-0.1, -0.05) is 41.9 Å². The Hall–Kier alpha value is -3.43. The molecule has 192 valence electrons. The van der Waals surface area contributed by atoms with Crippen LogP contribution in [0.15, 0.2) is 60.7 Å². The van der Waals surface area contributed by atoms with Gasteiger partial charge in [0, 0.05) is 17.7 Å². The minimum absolute atomic E-state index is 0.0200. The third-order valence-corrected chi connectivity index (χ3v) is 6.83. The molecule has 3 aromatic carbocycles. The molecule has 3 rings (SSSR count). The minimum Gasteiger partial charge on any atom is -0.495 e. The number of hydrogen-bond donors (Lipinski definition) is 1. The molecule has 0 saturated carbocycles. The van der Waals surface area contributed by atoms with Gasteiger partial charge in [0.05, 0.1) is 44.3 Å². The number of rotatable bonds is 11. The fourth-order valence-corrected chi connectivity index (χ4v) is 4.61. The van der Waals surface area contributed by atoms with Crippen LogP contribution in [0, 0.1) is 6.92 Å². The number of nitrogens with zero attached hydrogens (tertiary/aromatic N) is 1. The van der Waals surface area contributed by atoms with Crippen molar-refractivity contribution in [3.8, 4) is 17.2 Å². The van der Waals surface area contributed by atoms with E-state index in [1.165, 1.54) is 30.7 Å². The number of para-hydroxylation sites is 1. The zero-order valence-corrected chi connectivity index (χ0v) is 22.2. The summed E-state index contributed by atoms with van der Waals surface area (Å²) in [5, 5.41) is 3.12. The van der Waals surface area contributed by atoms with Crippen molar-refractivity contribution in [2.45, 2.75) is 13.5 Å². The number of hydrogen-bond acceptors (Lipinski definition) is 6. The highest BCUT2D eigenvalue weighted by atomic mass is 35.5. The molecule has 0 aliphatic carbocycles. The molecule has 0 radical (unpaired) electrons. The molecule has 0 saturated heterocycles. The first-order chi connectivity index (χ1) is 17.1. The number of anilines is 1. The number of sulfonamides is 1. The summed E-state index contributed by atoms with van der Waals surface area (Å²) in [6.07, 6.45) is 1.11. The van der Waals surface area contributed by atoms with E-state index in [2.05, 4.69) is 5.32 Å². The van der Waals surface area contributed by atoms with Gasteiger partial charge in [-0.3, -0.25) is 9.10 Å². The molecule has 3 aromatic rings. The van der Waals surface area contributed by atoms with Gasteiger partial charge in [-0.15, -0.1) is 0 Å². The van der Waals surface area contributed by atoms with E-state index in [9.17, 15) is 13.2 Å². The van der Waals surface area contributed by atoms with Crippen LogP contribution in [0.4, 0.5) is 5.69 Å². The summed E-state index contributed by atoms with van der Waals surface area (Å²) >= 11 is 6.17. The molecule has 0 fully saturated rings. The standard InChI is InChI=1S/C26H29ClN2O6S/c1-18-7-5-6-8-23(18)35-14-13-28-26(30)20-11-9-19(10-12-20)17-29(36(4,31)32)22-16-24(33-2)21(27)15-25(22)34-3/h5-12,15-16H,13-14,17H2,1-4H3,(H,28,30). The van der Waals surface area contributed by atoms with Crippen molar-refractivity contribution in [1.29, 1.82) is 0 Å². The van der Waals surface area contributed by atoms with E-state index in [0.29, 0.717) is 35.1 Å². The lowest BCUT2D eigenvalue weighted by Gasteiger charge is -2.25. The van der Waals surface area contributed by atoms with Gasteiger partial charge in [0.1, 0.15) is 23.9 Å². The van der Waals surface area contributed by atoms with E-state index in [-0.39, 0.29) is 23.9 Å². The summed E-state index contributed by atoms with van der Waals surface area (Å²) in [5.41, 5.74) is 2.44. The Bertz CT molecular complexity index is 1310. The van der Waals surface area contributed by atoms with Crippen LogP contribution < -0.4 is 23.8 Å². The number of amides is 1. The number of carbonyl (C=O) groups is 1. The van der Waals surface area contributed by atoms with Gasteiger partial charge < -0.3 is 19.5 Å². The Morgan fingerprint density at radius 3 is 2.25 bits per heavy atom. The molecule has 36 heavy (non-hydrogen) atoms. The van der Waals surface area contributed by atoms with E-state index >= 15 is 0 Å². The van der Waals surface area contributed by atoms with Gasteiger partial charge in [0.25, 0.3) is 5.91 Å². The van der Waals surface area contributed by atoms with E-state index in [4.69, 9.17) is 25.8 Å². The third-order valence-electron chi connectivity index (χ3n) is 5.40. The largest absolute Gasteiger partial charge is 0.495 e. The van der Waals surface area contributed by atoms with E-state index in [1.54, 1.807) is 24.3 Å². The minimum atomic E-state index is -3.69. The van der Waals surface area contributed by atoms with E-state index < -0.39 is 10.0 Å². The van der Waals surface area contributed by atoms with Gasteiger partial charge >= 0.3 is 0 Å². The van der Waals surface area contributed by atoms with Crippen LogP contribution in [0.3, 0.4) is 0 Å². The number of ether oxygens (including phenoxy) is 3. The molecule has 0 bridgehead atoms. The molecule has 1 amide bonds. The highest BCUT2D eigenvalue weighted by Crippen LogP contribution is 2.39. The van der Waals surface area contributed by atoms with Crippen LogP contribution >= 0.6 is 11.6 Å². The predicted molar refractivity (Wildman–Crippen MR) is 141 cm³/mol. The average Bonchev–Trinajstić information content (AvgIpc) is 2.85. The zero-order valence-electron chi connectivity index (χ0n) is 20.6. The Balaban J connectivity index is 1.68. The monoisotopic (exact) mass is 532 g/mol. The Morgan fingerprint density at radius 2 is 1.64 bits per heavy atom. The predicted octanol–water partition coefficient (Wildman–Crippen LogP) is 4.44. The molecule has 0 atom stereocenters. The lowest BCUT2D eigenvalue weighted by atomic mass is 10.1. The fourth-order valence-electron chi connectivity index (χ4n) is 3.49. The Kier molecular flexibility index (Phi) is 9.06. The third kappa shape index (κ3) is 6.83. The number of halogens is 1. The summed E-state index contributed by atoms with van der Waals surface area (Å²) in [5.74, 6) is 1.13. The van der Waals surface area contributed by atoms with Crippen LogP contribution in [0.25, 0.3) is 0 Å². The maximum Gasteiger partial charge on any atom is 0.251 e. The van der Waals surface area contributed by atoms with Crippen molar-refractivity contribution in [3.63, 3.8) is 0 Å². The fraction of sp³-hybridized carbons (Fsp3) is 0.269. The molecule has 1 N–H and O–H groups in total. The molecule has 0 aromatic heterocycles. The quantitative estimate of drug-likeness (QED) is 0.367. The van der Waals surface area contributed by atoms with Crippen LogP contribution in [-0.2, 0) is 16.6 Å². The molecule has 10 heteroatoms. The molecular formula is C26H29ClN2O6S. The first kappa shape index (κ1) is 27.2. The first-order valence-corrected chi connectivity index (χ1v) is 13.3. The lowest BCUT2D eigenvalue weighted by molar-refractivity contribution is 0.0947. The van der Waals surface area contributed by atoms with Crippen LogP contribution in [0.5, 0.6) is 17.2 Å². The summed E-state index contributed by atoms with van der Waals surface area (Å²) in [7, 11) is -0.815. The number of aryl methyl sites for hydroxylation is 1. The van der Waals surface area contributed by atoms with Crippen molar-refractivity contribution >= 4 is 33.2 Å². The molecule has 0 unspecified atom stereocenters. The van der Waals surface area contributed by atoms with Crippen molar-refractivity contribution in [3.05, 3.63) is 82.4 Å². The average molecular weight is 533 g/mol.